The average Bonchev–Trinajstić information content (AvgIpc) is 3.29. The molecule has 5 heteroatoms. The van der Waals surface area contributed by atoms with Gasteiger partial charge < -0.3 is 10.6 Å². The Morgan fingerprint density at radius 1 is 0.786 bits per heavy atom. The first kappa shape index (κ1) is 17.9. The second-order valence-corrected chi connectivity index (χ2v) is 7.23. The van der Waals surface area contributed by atoms with E-state index in [0.717, 1.165) is 16.5 Å². The lowest BCUT2D eigenvalue weighted by atomic mass is 10.1. The van der Waals surface area contributed by atoms with Crippen LogP contribution in [0.3, 0.4) is 0 Å². The van der Waals surface area contributed by atoms with Crippen LogP contribution in [-0.4, -0.2) is 17.9 Å². The lowest BCUT2D eigenvalue weighted by Gasteiger charge is -2.21. The second kappa shape index (κ2) is 8.06. The van der Waals surface area contributed by atoms with Crippen molar-refractivity contribution in [2.45, 2.75) is 6.17 Å². The fourth-order valence-corrected chi connectivity index (χ4v) is 3.68. The molecule has 0 unspecified atom stereocenters. The first-order valence-electron chi connectivity index (χ1n) is 8.90. The Balaban J connectivity index is 1.68. The zero-order valence-corrected chi connectivity index (χ0v) is 15.8. The van der Waals surface area contributed by atoms with Gasteiger partial charge in [0.2, 0.25) is 5.78 Å². The third-order valence-electron chi connectivity index (χ3n) is 4.43. The minimum atomic E-state index is -0.886. The number of amides is 1. The number of hydrogen-bond donors (Lipinski definition) is 2. The molecule has 4 rings (SSSR count). The summed E-state index contributed by atoms with van der Waals surface area (Å²) in [5, 5.41) is 9.96. The van der Waals surface area contributed by atoms with E-state index >= 15 is 0 Å². The molecule has 0 spiro atoms. The molecule has 1 amide bonds. The number of nitrogens with one attached hydrogen (secondary N) is 2. The maximum absolute atomic E-state index is 13.1. The van der Waals surface area contributed by atoms with Crippen LogP contribution >= 0.6 is 11.3 Å². The summed E-state index contributed by atoms with van der Waals surface area (Å²) in [6.45, 7) is 0. The van der Waals surface area contributed by atoms with Crippen molar-refractivity contribution in [3.05, 3.63) is 101 Å². The number of anilines is 1. The van der Waals surface area contributed by atoms with Gasteiger partial charge in [-0.15, -0.1) is 11.3 Å². The molecule has 138 valence electrons. The Morgan fingerprint density at radius 2 is 1.54 bits per heavy atom. The number of carbonyl (C=O) groups is 2. The Morgan fingerprint density at radius 3 is 2.32 bits per heavy atom. The van der Waals surface area contributed by atoms with Gasteiger partial charge in [0, 0.05) is 16.6 Å². The van der Waals surface area contributed by atoms with E-state index in [9.17, 15) is 9.59 Å². The molecule has 0 saturated carbocycles. The van der Waals surface area contributed by atoms with Crippen molar-refractivity contribution in [2.24, 2.45) is 0 Å². The maximum atomic E-state index is 13.1. The summed E-state index contributed by atoms with van der Waals surface area (Å²) in [5.41, 5.74) is 1.32. The second-order valence-electron chi connectivity index (χ2n) is 6.29. The van der Waals surface area contributed by atoms with E-state index in [-0.39, 0.29) is 11.7 Å². The van der Waals surface area contributed by atoms with Crippen LogP contribution in [-0.2, 0) is 0 Å². The number of rotatable bonds is 6. The number of hydrogen-bond acceptors (Lipinski definition) is 4. The van der Waals surface area contributed by atoms with Crippen molar-refractivity contribution in [1.82, 2.24) is 5.32 Å². The molecule has 0 aliphatic rings. The van der Waals surface area contributed by atoms with E-state index in [1.165, 1.54) is 11.3 Å². The van der Waals surface area contributed by atoms with Gasteiger partial charge in [-0.1, -0.05) is 72.8 Å². The van der Waals surface area contributed by atoms with Gasteiger partial charge in [-0.2, -0.15) is 0 Å². The predicted octanol–water partition coefficient (Wildman–Crippen LogP) is 4.95. The van der Waals surface area contributed by atoms with Crippen LogP contribution in [0.4, 0.5) is 5.69 Å². The van der Waals surface area contributed by atoms with Crippen molar-refractivity contribution in [3.63, 3.8) is 0 Å². The summed E-state index contributed by atoms with van der Waals surface area (Å²) in [5.74, 6) is -0.476. The highest BCUT2D eigenvalue weighted by Crippen LogP contribution is 2.24. The minimum absolute atomic E-state index is 0.196. The van der Waals surface area contributed by atoms with Crippen LogP contribution in [0.25, 0.3) is 10.8 Å². The number of carbonyl (C=O) groups excluding carboxylic acids is 2. The van der Waals surface area contributed by atoms with Crippen LogP contribution in [0, 0.1) is 0 Å². The van der Waals surface area contributed by atoms with Crippen LogP contribution in [0.2, 0.25) is 0 Å². The van der Waals surface area contributed by atoms with E-state index in [1.54, 1.807) is 18.2 Å². The number of benzene rings is 3. The predicted molar refractivity (Wildman–Crippen MR) is 114 cm³/mol. The van der Waals surface area contributed by atoms with Crippen molar-refractivity contribution in [2.75, 3.05) is 5.32 Å². The molecule has 0 fully saturated rings. The Labute approximate surface area is 166 Å². The normalized spacial score (nSPS) is 11.7. The average molecular weight is 386 g/mol. The quantitative estimate of drug-likeness (QED) is 0.364. The van der Waals surface area contributed by atoms with Gasteiger partial charge in [-0.05, 0) is 22.9 Å². The smallest absolute Gasteiger partial charge is 0.263 e. The van der Waals surface area contributed by atoms with Gasteiger partial charge in [-0.3, -0.25) is 9.59 Å². The number of ketones is 1. The lowest BCUT2D eigenvalue weighted by Crippen LogP contribution is -2.46. The number of thiophene rings is 1. The molecule has 3 aromatic carbocycles. The Bertz CT molecular complexity index is 1100. The number of fused-ring (bicyclic) bond motifs is 1. The molecule has 4 nitrogen and oxygen atoms in total. The molecule has 0 saturated heterocycles. The van der Waals surface area contributed by atoms with Crippen LogP contribution in [0.5, 0.6) is 0 Å². The highest BCUT2D eigenvalue weighted by Gasteiger charge is 2.23. The fraction of sp³-hybridized carbons (Fsp3) is 0.0435. The summed E-state index contributed by atoms with van der Waals surface area (Å²) in [6.07, 6.45) is -0.886. The standard InChI is InChI=1S/C23H18N2O2S/c26-21(17-9-2-1-3-10-17)22(25-23(27)20-14-7-15-28-20)24-19-13-6-11-16-8-4-5-12-18(16)19/h1-15,22,24H,(H,25,27)/t22-/m0/s1. The number of Topliss-reactive ketones (excluding diaryl/α,β-unsaturated/α-hetero) is 1. The lowest BCUT2D eigenvalue weighted by molar-refractivity contribution is 0.0872. The highest BCUT2D eigenvalue weighted by molar-refractivity contribution is 7.12. The first-order valence-corrected chi connectivity index (χ1v) is 9.78. The van der Waals surface area contributed by atoms with E-state index in [0.29, 0.717) is 10.4 Å². The molecule has 1 atom stereocenters. The van der Waals surface area contributed by atoms with Gasteiger partial charge in [0.05, 0.1) is 4.88 Å². The summed E-state index contributed by atoms with van der Waals surface area (Å²) < 4.78 is 0. The molecule has 0 bridgehead atoms. The van der Waals surface area contributed by atoms with Gasteiger partial charge in [0.1, 0.15) is 0 Å². The van der Waals surface area contributed by atoms with Crippen molar-refractivity contribution in [3.8, 4) is 0 Å². The van der Waals surface area contributed by atoms with Gasteiger partial charge >= 0.3 is 0 Å². The van der Waals surface area contributed by atoms with Crippen molar-refractivity contribution in [1.29, 1.82) is 0 Å². The SMILES string of the molecule is O=C(N[C@H](Nc1cccc2ccccc12)C(=O)c1ccccc1)c1cccs1. The van der Waals surface area contributed by atoms with Crippen molar-refractivity contribution < 1.29 is 9.59 Å². The van der Waals surface area contributed by atoms with Crippen LogP contribution < -0.4 is 10.6 Å². The molecule has 0 aliphatic heterocycles. The van der Waals surface area contributed by atoms with Crippen LogP contribution in [0.15, 0.2) is 90.3 Å². The summed E-state index contributed by atoms with van der Waals surface area (Å²) in [6, 6.07) is 26.3. The molecule has 4 aromatic rings. The van der Waals surface area contributed by atoms with Gasteiger partial charge in [0.25, 0.3) is 5.91 Å². The fourth-order valence-electron chi connectivity index (χ4n) is 3.05. The summed E-state index contributed by atoms with van der Waals surface area (Å²) >= 11 is 1.34. The van der Waals surface area contributed by atoms with Gasteiger partial charge in [-0.25, -0.2) is 0 Å². The zero-order valence-electron chi connectivity index (χ0n) is 15.0. The van der Waals surface area contributed by atoms with E-state index in [2.05, 4.69) is 10.6 Å². The van der Waals surface area contributed by atoms with E-state index in [4.69, 9.17) is 0 Å². The topological polar surface area (TPSA) is 58.2 Å². The Kier molecular flexibility index (Phi) is 5.17. The molecular formula is C23H18N2O2S. The molecule has 0 radical (unpaired) electrons. The molecule has 1 heterocycles. The summed E-state index contributed by atoms with van der Waals surface area (Å²) in [4.78, 5) is 26.3. The maximum Gasteiger partial charge on any atom is 0.263 e. The molecule has 1 aromatic heterocycles. The third-order valence-corrected chi connectivity index (χ3v) is 5.30. The van der Waals surface area contributed by atoms with Crippen molar-refractivity contribution >= 4 is 39.5 Å². The first-order chi connectivity index (χ1) is 13.7. The molecular weight excluding hydrogens is 368 g/mol. The van der Waals surface area contributed by atoms with Crippen LogP contribution in [0.1, 0.15) is 20.0 Å². The third kappa shape index (κ3) is 3.80. The zero-order chi connectivity index (χ0) is 19.3. The molecule has 2 N–H and O–H groups in total. The highest BCUT2D eigenvalue weighted by atomic mass is 32.1. The largest absolute Gasteiger partial charge is 0.358 e. The monoisotopic (exact) mass is 386 g/mol. The van der Waals surface area contributed by atoms with Gasteiger partial charge in [0.15, 0.2) is 6.17 Å². The summed E-state index contributed by atoms with van der Waals surface area (Å²) in [7, 11) is 0. The molecule has 28 heavy (non-hydrogen) atoms. The van der Waals surface area contributed by atoms with E-state index in [1.807, 2.05) is 72.1 Å². The van der Waals surface area contributed by atoms with E-state index < -0.39 is 6.17 Å². The Hall–Kier alpha value is -3.44. The molecule has 0 aliphatic carbocycles. The minimum Gasteiger partial charge on any atom is -0.358 e.